The summed E-state index contributed by atoms with van der Waals surface area (Å²) in [6.07, 6.45) is 1.22. The number of thiazole rings is 1. The van der Waals surface area contributed by atoms with Crippen molar-refractivity contribution in [3.8, 4) is 10.6 Å². The summed E-state index contributed by atoms with van der Waals surface area (Å²) in [6.45, 7) is 1.95. The second-order valence-corrected chi connectivity index (χ2v) is 6.35. The zero-order valence-corrected chi connectivity index (χ0v) is 12.9. The lowest BCUT2D eigenvalue weighted by Gasteiger charge is -2.31. The Morgan fingerprint density at radius 1 is 1.23 bits per heavy atom. The van der Waals surface area contributed by atoms with E-state index in [9.17, 15) is 9.59 Å². The molecule has 22 heavy (non-hydrogen) atoms. The summed E-state index contributed by atoms with van der Waals surface area (Å²) >= 11 is 1.58. The van der Waals surface area contributed by atoms with Crippen LogP contribution in [0.1, 0.15) is 18.5 Å². The van der Waals surface area contributed by atoms with Crippen molar-refractivity contribution in [2.75, 3.05) is 5.32 Å². The van der Waals surface area contributed by atoms with Gasteiger partial charge in [0, 0.05) is 22.3 Å². The van der Waals surface area contributed by atoms with Gasteiger partial charge in [0.15, 0.2) is 0 Å². The largest absolute Gasteiger partial charge is 0.481 e. The third-order valence-corrected chi connectivity index (χ3v) is 4.96. The molecule has 2 N–H and O–H groups in total. The van der Waals surface area contributed by atoms with Gasteiger partial charge in [-0.25, -0.2) is 4.98 Å². The maximum absolute atomic E-state index is 12.1. The number of nitrogens with one attached hydrogen (secondary N) is 1. The molecule has 0 aliphatic heterocycles. The summed E-state index contributed by atoms with van der Waals surface area (Å²) < 4.78 is 0. The van der Waals surface area contributed by atoms with Gasteiger partial charge in [-0.3, -0.25) is 9.59 Å². The van der Waals surface area contributed by atoms with E-state index in [1.165, 1.54) is 0 Å². The Balaban J connectivity index is 1.66. The lowest BCUT2D eigenvalue weighted by Crippen LogP contribution is -2.41. The second-order valence-electron chi connectivity index (χ2n) is 5.49. The standard InChI is InChI=1S/C16H16N2O3S/c1-9-8-22-15(17-9)10-2-4-11(5-3-10)18-14(19)12-6-7-13(12)16(20)21/h2-5,8,12-13H,6-7H2,1H3,(H,18,19)(H,20,21). The summed E-state index contributed by atoms with van der Waals surface area (Å²) in [6, 6.07) is 7.45. The molecule has 2 unspecified atom stereocenters. The van der Waals surface area contributed by atoms with Crippen LogP contribution in [0.3, 0.4) is 0 Å². The molecule has 0 spiro atoms. The molecule has 1 heterocycles. The zero-order valence-electron chi connectivity index (χ0n) is 12.1. The summed E-state index contributed by atoms with van der Waals surface area (Å²) in [5, 5.41) is 14.7. The van der Waals surface area contributed by atoms with E-state index >= 15 is 0 Å². The second kappa shape index (κ2) is 5.88. The Kier molecular flexibility index (Phi) is 3.94. The van der Waals surface area contributed by atoms with Gasteiger partial charge in [0.25, 0.3) is 0 Å². The topological polar surface area (TPSA) is 79.3 Å². The summed E-state index contributed by atoms with van der Waals surface area (Å²) in [5.41, 5.74) is 2.67. The SMILES string of the molecule is Cc1csc(-c2ccc(NC(=O)C3CCC3C(=O)O)cc2)n1. The predicted octanol–water partition coefficient (Wildman–Crippen LogP) is 3.17. The lowest BCUT2D eigenvalue weighted by atomic mass is 9.73. The number of aliphatic carboxylic acids is 1. The molecule has 0 saturated heterocycles. The average Bonchev–Trinajstić information content (AvgIpc) is 2.84. The minimum atomic E-state index is -0.888. The maximum Gasteiger partial charge on any atom is 0.307 e. The van der Waals surface area contributed by atoms with Crippen LogP contribution in [0.15, 0.2) is 29.6 Å². The molecular formula is C16H16N2O3S. The van der Waals surface area contributed by atoms with Crippen LogP contribution in [-0.4, -0.2) is 22.0 Å². The molecule has 1 fully saturated rings. The summed E-state index contributed by atoms with van der Waals surface area (Å²) in [5.74, 6) is -2.06. The zero-order chi connectivity index (χ0) is 15.7. The van der Waals surface area contributed by atoms with Crippen molar-refractivity contribution in [1.82, 2.24) is 4.98 Å². The molecule has 1 aliphatic rings. The number of carbonyl (C=O) groups excluding carboxylic acids is 1. The number of rotatable bonds is 4. The summed E-state index contributed by atoms with van der Waals surface area (Å²) in [4.78, 5) is 27.5. The average molecular weight is 316 g/mol. The molecule has 2 aromatic rings. The first kappa shape index (κ1) is 14.7. The van der Waals surface area contributed by atoms with Gasteiger partial charge in [0.2, 0.25) is 5.91 Å². The van der Waals surface area contributed by atoms with Crippen LogP contribution in [0.5, 0.6) is 0 Å². The minimum Gasteiger partial charge on any atom is -0.481 e. The number of aromatic nitrogens is 1. The van der Waals surface area contributed by atoms with E-state index in [0.717, 1.165) is 16.3 Å². The smallest absolute Gasteiger partial charge is 0.307 e. The Labute approximate surface area is 132 Å². The molecule has 1 aromatic heterocycles. The van der Waals surface area contributed by atoms with Gasteiger partial charge in [0.1, 0.15) is 5.01 Å². The molecule has 1 aromatic carbocycles. The number of carboxylic acids is 1. The van der Waals surface area contributed by atoms with Gasteiger partial charge in [-0.05, 0) is 44.0 Å². The normalized spacial score (nSPS) is 20.2. The monoisotopic (exact) mass is 316 g/mol. The summed E-state index contributed by atoms with van der Waals surface area (Å²) in [7, 11) is 0. The van der Waals surface area contributed by atoms with Gasteiger partial charge < -0.3 is 10.4 Å². The number of aryl methyl sites for hydroxylation is 1. The third-order valence-electron chi connectivity index (χ3n) is 3.95. The van der Waals surface area contributed by atoms with Crippen molar-refractivity contribution >= 4 is 28.9 Å². The first-order valence-electron chi connectivity index (χ1n) is 7.11. The molecule has 1 amide bonds. The van der Waals surface area contributed by atoms with E-state index < -0.39 is 17.8 Å². The number of hydrogen-bond acceptors (Lipinski definition) is 4. The number of carboxylic acid groups (broad SMARTS) is 1. The quantitative estimate of drug-likeness (QED) is 0.908. The third kappa shape index (κ3) is 2.87. The molecule has 2 atom stereocenters. The van der Waals surface area contributed by atoms with Crippen LogP contribution in [0, 0.1) is 18.8 Å². The lowest BCUT2D eigenvalue weighted by molar-refractivity contribution is -0.151. The molecule has 6 heteroatoms. The molecule has 5 nitrogen and oxygen atoms in total. The molecule has 3 rings (SSSR count). The maximum atomic E-state index is 12.1. The van der Waals surface area contributed by atoms with Crippen molar-refractivity contribution in [1.29, 1.82) is 0 Å². The minimum absolute atomic E-state index is 0.212. The molecule has 114 valence electrons. The van der Waals surface area contributed by atoms with Crippen LogP contribution in [0.2, 0.25) is 0 Å². The van der Waals surface area contributed by atoms with E-state index in [0.29, 0.717) is 18.5 Å². The molecule has 1 saturated carbocycles. The first-order chi connectivity index (χ1) is 10.5. The molecule has 1 aliphatic carbocycles. The van der Waals surface area contributed by atoms with Crippen LogP contribution in [-0.2, 0) is 9.59 Å². The molecular weight excluding hydrogens is 300 g/mol. The van der Waals surface area contributed by atoms with Crippen molar-refractivity contribution in [3.05, 3.63) is 35.3 Å². The van der Waals surface area contributed by atoms with E-state index in [-0.39, 0.29) is 5.91 Å². The predicted molar refractivity (Wildman–Crippen MR) is 84.8 cm³/mol. The highest BCUT2D eigenvalue weighted by molar-refractivity contribution is 7.13. The van der Waals surface area contributed by atoms with E-state index in [1.54, 1.807) is 11.3 Å². The molecule has 0 bridgehead atoms. The van der Waals surface area contributed by atoms with Crippen molar-refractivity contribution in [3.63, 3.8) is 0 Å². The number of anilines is 1. The number of carbonyl (C=O) groups is 2. The number of amides is 1. The fourth-order valence-corrected chi connectivity index (χ4v) is 3.33. The fraction of sp³-hybridized carbons (Fsp3) is 0.312. The number of hydrogen-bond donors (Lipinski definition) is 2. The van der Waals surface area contributed by atoms with Crippen LogP contribution in [0.4, 0.5) is 5.69 Å². The first-order valence-corrected chi connectivity index (χ1v) is 7.99. The number of nitrogens with zero attached hydrogens (tertiary/aromatic N) is 1. The van der Waals surface area contributed by atoms with Gasteiger partial charge in [-0.2, -0.15) is 0 Å². The fourth-order valence-electron chi connectivity index (χ4n) is 2.53. The van der Waals surface area contributed by atoms with E-state index in [1.807, 2.05) is 36.6 Å². The highest BCUT2D eigenvalue weighted by atomic mass is 32.1. The highest BCUT2D eigenvalue weighted by Crippen LogP contribution is 2.35. The van der Waals surface area contributed by atoms with Crippen LogP contribution >= 0.6 is 11.3 Å². The van der Waals surface area contributed by atoms with E-state index in [2.05, 4.69) is 10.3 Å². The van der Waals surface area contributed by atoms with Gasteiger partial charge in [-0.1, -0.05) is 0 Å². The Morgan fingerprint density at radius 3 is 2.41 bits per heavy atom. The highest BCUT2D eigenvalue weighted by Gasteiger charge is 2.41. The Hall–Kier alpha value is -2.21. The van der Waals surface area contributed by atoms with Crippen molar-refractivity contribution < 1.29 is 14.7 Å². The van der Waals surface area contributed by atoms with E-state index in [4.69, 9.17) is 5.11 Å². The Bertz CT molecular complexity index is 708. The Morgan fingerprint density at radius 2 is 1.91 bits per heavy atom. The van der Waals surface area contributed by atoms with Gasteiger partial charge in [0.05, 0.1) is 11.8 Å². The van der Waals surface area contributed by atoms with Crippen molar-refractivity contribution in [2.45, 2.75) is 19.8 Å². The number of benzene rings is 1. The van der Waals surface area contributed by atoms with Crippen molar-refractivity contribution in [2.24, 2.45) is 11.8 Å². The van der Waals surface area contributed by atoms with Crippen LogP contribution in [0.25, 0.3) is 10.6 Å². The van der Waals surface area contributed by atoms with Gasteiger partial charge >= 0.3 is 5.97 Å². The van der Waals surface area contributed by atoms with Crippen LogP contribution < -0.4 is 5.32 Å². The molecule has 0 radical (unpaired) electrons. The van der Waals surface area contributed by atoms with Gasteiger partial charge in [-0.15, -0.1) is 11.3 Å².